The van der Waals surface area contributed by atoms with Crippen molar-refractivity contribution in [2.75, 3.05) is 6.61 Å². The molecule has 1 aliphatic rings. The van der Waals surface area contributed by atoms with Gasteiger partial charge in [-0.25, -0.2) is 0 Å². The van der Waals surface area contributed by atoms with Gasteiger partial charge in [0.1, 0.15) is 6.10 Å². The standard InChI is InChI=1S/C15H28O4/c1-11(2)7-5-3-4-6-8-14(17)13-9-12(10-16)19-15(13)18/h11-14,16-17H,3-10H2,1-2H3/t12-,13+,14-/m1/s1. The normalized spacial score (nSPS) is 24.8. The fourth-order valence-corrected chi connectivity index (χ4v) is 2.57. The summed E-state index contributed by atoms with van der Waals surface area (Å²) in [5.41, 5.74) is 0. The quantitative estimate of drug-likeness (QED) is 0.499. The maximum Gasteiger partial charge on any atom is 0.312 e. The molecule has 3 atom stereocenters. The number of ether oxygens (including phenoxy) is 1. The van der Waals surface area contributed by atoms with Gasteiger partial charge in [-0.15, -0.1) is 0 Å². The number of aliphatic hydroxyl groups excluding tert-OH is 2. The van der Waals surface area contributed by atoms with E-state index in [-0.39, 0.29) is 12.6 Å². The molecule has 0 spiro atoms. The van der Waals surface area contributed by atoms with Gasteiger partial charge in [0.05, 0.1) is 18.6 Å². The largest absolute Gasteiger partial charge is 0.460 e. The summed E-state index contributed by atoms with van der Waals surface area (Å²) < 4.78 is 4.97. The Kier molecular flexibility index (Phi) is 7.39. The van der Waals surface area contributed by atoms with Crippen LogP contribution < -0.4 is 0 Å². The third-order valence-corrected chi connectivity index (χ3v) is 3.80. The van der Waals surface area contributed by atoms with Crippen LogP contribution in [0.1, 0.15) is 58.8 Å². The average molecular weight is 272 g/mol. The van der Waals surface area contributed by atoms with E-state index in [1.54, 1.807) is 0 Å². The summed E-state index contributed by atoms with van der Waals surface area (Å²) in [6.45, 7) is 4.31. The zero-order valence-corrected chi connectivity index (χ0v) is 12.2. The minimum Gasteiger partial charge on any atom is -0.460 e. The number of hydrogen-bond donors (Lipinski definition) is 2. The molecular weight excluding hydrogens is 244 g/mol. The SMILES string of the molecule is CC(C)CCCCCC[C@@H](O)[C@@H]1C[C@H](CO)OC1=O. The lowest BCUT2D eigenvalue weighted by molar-refractivity contribution is -0.147. The number of rotatable bonds is 9. The Bertz CT molecular complexity index is 265. The molecule has 2 N–H and O–H groups in total. The monoisotopic (exact) mass is 272 g/mol. The van der Waals surface area contributed by atoms with Crippen molar-refractivity contribution in [2.24, 2.45) is 11.8 Å². The Morgan fingerprint density at radius 3 is 2.37 bits per heavy atom. The second-order valence-corrected chi connectivity index (χ2v) is 6.04. The van der Waals surface area contributed by atoms with Crippen molar-refractivity contribution in [2.45, 2.75) is 71.0 Å². The molecule has 1 rings (SSSR count). The van der Waals surface area contributed by atoms with Crippen molar-refractivity contribution in [1.29, 1.82) is 0 Å². The van der Waals surface area contributed by atoms with Gasteiger partial charge in [0.15, 0.2) is 0 Å². The second-order valence-electron chi connectivity index (χ2n) is 6.04. The number of hydrogen-bond acceptors (Lipinski definition) is 4. The third-order valence-electron chi connectivity index (χ3n) is 3.80. The molecule has 19 heavy (non-hydrogen) atoms. The molecule has 1 aliphatic heterocycles. The third kappa shape index (κ3) is 5.91. The van der Waals surface area contributed by atoms with Gasteiger partial charge in [-0.1, -0.05) is 46.0 Å². The molecule has 0 unspecified atom stereocenters. The molecule has 1 fully saturated rings. The van der Waals surface area contributed by atoms with Crippen molar-refractivity contribution in [3.8, 4) is 0 Å². The van der Waals surface area contributed by atoms with E-state index < -0.39 is 18.1 Å². The molecule has 4 heteroatoms. The highest BCUT2D eigenvalue weighted by atomic mass is 16.6. The Balaban J connectivity index is 2.11. The van der Waals surface area contributed by atoms with E-state index in [1.165, 1.54) is 19.3 Å². The van der Waals surface area contributed by atoms with Crippen LogP contribution >= 0.6 is 0 Å². The topological polar surface area (TPSA) is 66.8 Å². The highest BCUT2D eigenvalue weighted by molar-refractivity contribution is 5.75. The summed E-state index contributed by atoms with van der Waals surface area (Å²) in [6, 6.07) is 0. The zero-order chi connectivity index (χ0) is 14.3. The van der Waals surface area contributed by atoms with E-state index in [4.69, 9.17) is 9.84 Å². The van der Waals surface area contributed by atoms with Gasteiger partial charge in [-0.05, 0) is 12.3 Å². The van der Waals surface area contributed by atoms with Crippen LogP contribution in [0, 0.1) is 11.8 Å². The van der Waals surface area contributed by atoms with Crippen molar-refractivity contribution >= 4 is 5.97 Å². The van der Waals surface area contributed by atoms with Gasteiger partial charge in [-0.3, -0.25) is 4.79 Å². The van der Waals surface area contributed by atoms with Crippen LogP contribution in [0.5, 0.6) is 0 Å². The molecule has 1 heterocycles. The highest BCUT2D eigenvalue weighted by Gasteiger charge is 2.38. The van der Waals surface area contributed by atoms with Crippen molar-refractivity contribution in [3.63, 3.8) is 0 Å². The van der Waals surface area contributed by atoms with Crippen LogP contribution in [0.2, 0.25) is 0 Å². The van der Waals surface area contributed by atoms with Gasteiger partial charge in [0.25, 0.3) is 0 Å². The second kappa shape index (κ2) is 8.54. The lowest BCUT2D eigenvalue weighted by Gasteiger charge is -2.14. The van der Waals surface area contributed by atoms with Gasteiger partial charge in [0.2, 0.25) is 0 Å². The van der Waals surface area contributed by atoms with Gasteiger partial charge >= 0.3 is 5.97 Å². The average Bonchev–Trinajstić information content (AvgIpc) is 2.74. The summed E-state index contributed by atoms with van der Waals surface area (Å²) in [7, 11) is 0. The first kappa shape index (κ1) is 16.4. The smallest absolute Gasteiger partial charge is 0.312 e. The Labute approximate surface area is 116 Å². The molecule has 1 saturated heterocycles. The lowest BCUT2D eigenvalue weighted by atomic mass is 9.94. The number of unbranched alkanes of at least 4 members (excludes halogenated alkanes) is 3. The molecule has 0 aromatic heterocycles. The minimum absolute atomic E-state index is 0.149. The van der Waals surface area contributed by atoms with E-state index in [1.807, 2.05) is 0 Å². The van der Waals surface area contributed by atoms with Gasteiger partial charge in [-0.2, -0.15) is 0 Å². The van der Waals surface area contributed by atoms with Crippen LogP contribution in [0.4, 0.5) is 0 Å². The van der Waals surface area contributed by atoms with E-state index in [0.717, 1.165) is 18.8 Å². The molecule has 0 saturated carbocycles. The fourth-order valence-electron chi connectivity index (χ4n) is 2.57. The molecule has 0 bridgehead atoms. The first-order valence-electron chi connectivity index (χ1n) is 7.54. The zero-order valence-electron chi connectivity index (χ0n) is 12.2. The number of esters is 1. The van der Waals surface area contributed by atoms with Crippen LogP contribution in [-0.2, 0) is 9.53 Å². The first-order valence-corrected chi connectivity index (χ1v) is 7.54. The summed E-state index contributed by atoms with van der Waals surface area (Å²) >= 11 is 0. The molecular formula is C15H28O4. The predicted molar refractivity (Wildman–Crippen MR) is 73.6 cm³/mol. The number of aliphatic hydroxyl groups is 2. The first-order chi connectivity index (χ1) is 9.04. The number of carbonyl (C=O) groups is 1. The Morgan fingerprint density at radius 2 is 1.84 bits per heavy atom. The van der Waals surface area contributed by atoms with E-state index in [2.05, 4.69) is 13.8 Å². The van der Waals surface area contributed by atoms with Crippen LogP contribution in [0.15, 0.2) is 0 Å². The molecule has 112 valence electrons. The van der Waals surface area contributed by atoms with Crippen molar-refractivity contribution in [3.05, 3.63) is 0 Å². The number of cyclic esters (lactones) is 1. The Morgan fingerprint density at radius 1 is 1.21 bits per heavy atom. The Hall–Kier alpha value is -0.610. The summed E-state index contributed by atoms with van der Waals surface area (Å²) in [6.07, 6.45) is 5.82. The molecule has 0 aliphatic carbocycles. The summed E-state index contributed by atoms with van der Waals surface area (Å²) in [5, 5.41) is 18.9. The fraction of sp³-hybridized carbons (Fsp3) is 0.933. The summed E-state index contributed by atoms with van der Waals surface area (Å²) in [4.78, 5) is 11.5. The van der Waals surface area contributed by atoms with E-state index in [9.17, 15) is 9.90 Å². The van der Waals surface area contributed by atoms with Crippen molar-refractivity contribution < 1.29 is 19.7 Å². The van der Waals surface area contributed by atoms with E-state index in [0.29, 0.717) is 12.8 Å². The van der Waals surface area contributed by atoms with Gasteiger partial charge < -0.3 is 14.9 Å². The maximum absolute atomic E-state index is 11.5. The minimum atomic E-state index is -0.617. The molecule has 0 aromatic rings. The van der Waals surface area contributed by atoms with Crippen LogP contribution in [-0.4, -0.2) is 35.0 Å². The van der Waals surface area contributed by atoms with Gasteiger partial charge in [0, 0.05) is 6.42 Å². The summed E-state index contributed by atoms with van der Waals surface area (Å²) in [5.74, 6) is -0.0339. The molecule has 0 aromatic carbocycles. The predicted octanol–water partition coefficient (Wildman–Crippen LogP) is 2.27. The highest BCUT2D eigenvalue weighted by Crippen LogP contribution is 2.26. The lowest BCUT2D eigenvalue weighted by Crippen LogP contribution is -2.24. The molecule has 0 amide bonds. The van der Waals surface area contributed by atoms with E-state index >= 15 is 0 Å². The molecule has 4 nitrogen and oxygen atoms in total. The van der Waals surface area contributed by atoms with Crippen LogP contribution in [0.25, 0.3) is 0 Å². The van der Waals surface area contributed by atoms with Crippen LogP contribution in [0.3, 0.4) is 0 Å². The molecule has 0 radical (unpaired) electrons. The number of carbonyl (C=O) groups excluding carboxylic acids is 1. The maximum atomic E-state index is 11.5. The van der Waals surface area contributed by atoms with Crippen molar-refractivity contribution in [1.82, 2.24) is 0 Å².